The molecule has 5 heteroatoms. The van der Waals surface area contributed by atoms with Crippen molar-refractivity contribution in [2.75, 3.05) is 19.0 Å². The van der Waals surface area contributed by atoms with Crippen LogP contribution >= 0.6 is 0 Å². The van der Waals surface area contributed by atoms with E-state index in [1.54, 1.807) is 24.4 Å². The van der Waals surface area contributed by atoms with Crippen molar-refractivity contribution < 1.29 is 14.3 Å². The summed E-state index contributed by atoms with van der Waals surface area (Å²) in [5.74, 6) is 1.38. The quantitative estimate of drug-likeness (QED) is 0.795. The summed E-state index contributed by atoms with van der Waals surface area (Å²) in [5.41, 5.74) is 0.851. The number of hydrogen-bond donors (Lipinski definition) is 1. The number of amides is 1. The molecule has 0 saturated carbocycles. The van der Waals surface area contributed by atoms with Crippen LogP contribution in [0.2, 0.25) is 0 Å². The fraction of sp³-hybridized carbons (Fsp3) is 0.222. The Morgan fingerprint density at radius 1 is 1.22 bits per heavy atom. The molecule has 0 unspecified atom stereocenters. The van der Waals surface area contributed by atoms with E-state index >= 15 is 0 Å². The zero-order chi connectivity index (χ0) is 16.5. The van der Waals surface area contributed by atoms with E-state index in [1.807, 2.05) is 31.2 Å². The first kappa shape index (κ1) is 16.5. The van der Waals surface area contributed by atoms with Crippen molar-refractivity contribution >= 4 is 17.8 Å². The molecule has 1 aromatic heterocycles. The maximum Gasteiger partial charge on any atom is 0.249 e. The number of benzene rings is 1. The van der Waals surface area contributed by atoms with Crippen molar-refractivity contribution in [1.82, 2.24) is 4.98 Å². The number of carbonyl (C=O) groups is 1. The standard InChI is InChI=1S/C18H20N2O3/c1-3-13-23-15-8-5-4-7-14(15)10-11-17(21)20-18-16(22-2)9-6-12-19-18/h4-12H,3,13H2,1-2H3,(H,19,20,21)/b11-10+. The van der Waals surface area contributed by atoms with Gasteiger partial charge in [0.25, 0.3) is 0 Å². The molecule has 0 bridgehead atoms. The van der Waals surface area contributed by atoms with Crippen LogP contribution in [0.3, 0.4) is 0 Å². The Hall–Kier alpha value is -2.82. The Balaban J connectivity index is 2.06. The lowest BCUT2D eigenvalue weighted by atomic mass is 10.2. The molecule has 0 radical (unpaired) electrons. The van der Waals surface area contributed by atoms with Crippen LogP contribution in [0, 0.1) is 0 Å². The van der Waals surface area contributed by atoms with Crippen molar-refractivity contribution in [3.05, 3.63) is 54.2 Å². The lowest BCUT2D eigenvalue weighted by Crippen LogP contribution is -2.10. The summed E-state index contributed by atoms with van der Waals surface area (Å²) < 4.78 is 10.8. The van der Waals surface area contributed by atoms with Gasteiger partial charge >= 0.3 is 0 Å². The third kappa shape index (κ3) is 4.85. The van der Waals surface area contributed by atoms with E-state index in [1.165, 1.54) is 13.2 Å². The molecule has 2 aromatic rings. The van der Waals surface area contributed by atoms with Crippen molar-refractivity contribution in [2.45, 2.75) is 13.3 Å². The molecule has 23 heavy (non-hydrogen) atoms. The van der Waals surface area contributed by atoms with Crippen LogP contribution in [0.1, 0.15) is 18.9 Å². The second kappa shape index (κ2) is 8.58. The van der Waals surface area contributed by atoms with Gasteiger partial charge in [-0.15, -0.1) is 0 Å². The molecule has 0 atom stereocenters. The van der Waals surface area contributed by atoms with Gasteiger partial charge in [0.15, 0.2) is 11.6 Å². The van der Waals surface area contributed by atoms with Crippen LogP contribution < -0.4 is 14.8 Å². The maximum absolute atomic E-state index is 12.0. The van der Waals surface area contributed by atoms with Crippen molar-refractivity contribution in [2.24, 2.45) is 0 Å². The van der Waals surface area contributed by atoms with Crippen LogP contribution in [0.25, 0.3) is 6.08 Å². The molecule has 0 aliphatic rings. The first-order valence-electron chi connectivity index (χ1n) is 7.44. The number of carbonyl (C=O) groups excluding carboxylic acids is 1. The number of nitrogens with one attached hydrogen (secondary N) is 1. The minimum atomic E-state index is -0.285. The summed E-state index contributed by atoms with van der Waals surface area (Å²) in [6.07, 6.45) is 5.69. The minimum absolute atomic E-state index is 0.285. The highest BCUT2D eigenvalue weighted by Crippen LogP contribution is 2.21. The maximum atomic E-state index is 12.0. The zero-order valence-corrected chi connectivity index (χ0v) is 13.3. The van der Waals surface area contributed by atoms with Gasteiger partial charge in [-0.3, -0.25) is 4.79 Å². The van der Waals surface area contributed by atoms with Gasteiger partial charge in [-0.1, -0.05) is 25.1 Å². The average molecular weight is 312 g/mol. The fourth-order valence-corrected chi connectivity index (χ4v) is 1.93. The third-order valence-electron chi connectivity index (χ3n) is 3.03. The van der Waals surface area contributed by atoms with Gasteiger partial charge in [-0.2, -0.15) is 0 Å². The van der Waals surface area contributed by atoms with Crippen molar-refractivity contribution in [3.63, 3.8) is 0 Å². The Labute approximate surface area is 136 Å². The molecule has 0 aliphatic carbocycles. The van der Waals surface area contributed by atoms with E-state index in [-0.39, 0.29) is 5.91 Å². The minimum Gasteiger partial charge on any atom is -0.493 e. The molecule has 0 aliphatic heterocycles. The molecule has 0 fully saturated rings. The van der Waals surface area contributed by atoms with Gasteiger partial charge in [0, 0.05) is 17.8 Å². The van der Waals surface area contributed by atoms with E-state index in [0.29, 0.717) is 18.2 Å². The highest BCUT2D eigenvalue weighted by atomic mass is 16.5. The van der Waals surface area contributed by atoms with Gasteiger partial charge in [-0.25, -0.2) is 4.98 Å². The topological polar surface area (TPSA) is 60.5 Å². The molecule has 2 rings (SSSR count). The Kier molecular flexibility index (Phi) is 6.17. The van der Waals surface area contributed by atoms with Gasteiger partial charge in [0.1, 0.15) is 5.75 Å². The summed E-state index contributed by atoms with van der Waals surface area (Å²) in [5, 5.41) is 2.69. The lowest BCUT2D eigenvalue weighted by Gasteiger charge is -2.08. The van der Waals surface area contributed by atoms with E-state index < -0.39 is 0 Å². The summed E-state index contributed by atoms with van der Waals surface area (Å²) in [4.78, 5) is 16.1. The number of ether oxygens (including phenoxy) is 2. The average Bonchev–Trinajstić information content (AvgIpc) is 2.59. The Morgan fingerprint density at radius 3 is 2.78 bits per heavy atom. The molecule has 120 valence electrons. The Bertz CT molecular complexity index is 683. The first-order valence-corrected chi connectivity index (χ1v) is 7.44. The molecule has 0 spiro atoms. The van der Waals surface area contributed by atoms with E-state index in [4.69, 9.17) is 9.47 Å². The van der Waals surface area contributed by atoms with E-state index in [2.05, 4.69) is 10.3 Å². The number of nitrogens with zero attached hydrogens (tertiary/aromatic N) is 1. The SMILES string of the molecule is CCCOc1ccccc1/C=C/C(=O)Nc1ncccc1OC. The number of hydrogen-bond acceptors (Lipinski definition) is 4. The monoisotopic (exact) mass is 312 g/mol. The van der Waals surface area contributed by atoms with Crippen molar-refractivity contribution in [3.8, 4) is 11.5 Å². The van der Waals surface area contributed by atoms with Gasteiger partial charge in [-0.05, 0) is 30.7 Å². The van der Waals surface area contributed by atoms with Crippen molar-refractivity contribution in [1.29, 1.82) is 0 Å². The predicted octanol–water partition coefficient (Wildman–Crippen LogP) is 3.53. The molecule has 1 amide bonds. The van der Waals surface area contributed by atoms with E-state index in [9.17, 15) is 4.79 Å². The number of pyridine rings is 1. The molecule has 1 N–H and O–H groups in total. The molecule has 1 aromatic carbocycles. The molecule has 1 heterocycles. The number of aromatic nitrogens is 1. The van der Waals surface area contributed by atoms with Crippen LogP contribution in [-0.2, 0) is 4.79 Å². The summed E-state index contributed by atoms with van der Waals surface area (Å²) in [7, 11) is 1.53. The number of rotatable bonds is 7. The van der Waals surface area contributed by atoms with Gasteiger partial charge in [0.05, 0.1) is 13.7 Å². The first-order chi connectivity index (χ1) is 11.2. The Morgan fingerprint density at radius 2 is 2.00 bits per heavy atom. The highest BCUT2D eigenvalue weighted by molar-refractivity contribution is 6.02. The highest BCUT2D eigenvalue weighted by Gasteiger charge is 2.06. The largest absolute Gasteiger partial charge is 0.493 e. The summed E-state index contributed by atoms with van der Waals surface area (Å²) >= 11 is 0. The summed E-state index contributed by atoms with van der Waals surface area (Å²) in [6, 6.07) is 11.1. The smallest absolute Gasteiger partial charge is 0.249 e. The zero-order valence-electron chi connectivity index (χ0n) is 13.3. The molecular formula is C18H20N2O3. The normalized spacial score (nSPS) is 10.5. The van der Waals surface area contributed by atoms with Crippen LogP contribution in [-0.4, -0.2) is 24.6 Å². The molecule has 5 nitrogen and oxygen atoms in total. The summed E-state index contributed by atoms with van der Waals surface area (Å²) in [6.45, 7) is 2.69. The van der Waals surface area contributed by atoms with Crippen LogP contribution in [0.15, 0.2) is 48.7 Å². The predicted molar refractivity (Wildman–Crippen MR) is 90.7 cm³/mol. The second-order valence-corrected chi connectivity index (χ2v) is 4.76. The van der Waals surface area contributed by atoms with Gasteiger partial charge < -0.3 is 14.8 Å². The number of methoxy groups -OCH3 is 1. The van der Waals surface area contributed by atoms with Crippen LogP contribution in [0.5, 0.6) is 11.5 Å². The van der Waals surface area contributed by atoms with Gasteiger partial charge in [0.2, 0.25) is 5.91 Å². The molecule has 0 saturated heterocycles. The fourth-order valence-electron chi connectivity index (χ4n) is 1.93. The van der Waals surface area contributed by atoms with E-state index in [0.717, 1.165) is 17.7 Å². The number of anilines is 1. The second-order valence-electron chi connectivity index (χ2n) is 4.76. The lowest BCUT2D eigenvalue weighted by molar-refractivity contribution is -0.111. The third-order valence-corrected chi connectivity index (χ3v) is 3.03. The molecular weight excluding hydrogens is 292 g/mol. The van der Waals surface area contributed by atoms with Crippen LogP contribution in [0.4, 0.5) is 5.82 Å². The number of para-hydroxylation sites is 1.